The number of fused-ring (bicyclic) bond motifs is 1. The van der Waals surface area contributed by atoms with E-state index in [1.165, 1.54) is 11.3 Å². The van der Waals surface area contributed by atoms with Crippen molar-refractivity contribution >= 4 is 32.7 Å². The van der Waals surface area contributed by atoms with Crippen LogP contribution < -0.4 is 15.8 Å². The molecule has 0 aliphatic carbocycles. The first-order valence-electron chi connectivity index (χ1n) is 10.5. The molecule has 3 aromatic rings. The van der Waals surface area contributed by atoms with Crippen molar-refractivity contribution in [2.24, 2.45) is 7.05 Å². The fraction of sp³-hybridized carbons (Fsp3) is 0.455. The van der Waals surface area contributed by atoms with Crippen LogP contribution in [-0.4, -0.2) is 58.6 Å². The second kappa shape index (κ2) is 9.15. The highest BCUT2D eigenvalue weighted by Crippen LogP contribution is 2.31. The topological polar surface area (TPSA) is 83.4 Å². The molecule has 2 aromatic heterocycles. The summed E-state index contributed by atoms with van der Waals surface area (Å²) in [5.41, 5.74) is 1.32. The third kappa shape index (κ3) is 4.62. The summed E-state index contributed by atoms with van der Waals surface area (Å²) in [6.07, 6.45) is 2.38. The lowest BCUT2D eigenvalue weighted by Crippen LogP contribution is -2.43. The minimum atomic E-state index is -0.277. The van der Waals surface area contributed by atoms with Crippen molar-refractivity contribution in [1.82, 2.24) is 24.8 Å². The average Bonchev–Trinajstić information content (AvgIpc) is 3.41. The van der Waals surface area contributed by atoms with Crippen LogP contribution in [0.15, 0.2) is 35.1 Å². The maximum atomic E-state index is 12.9. The summed E-state index contributed by atoms with van der Waals surface area (Å²) in [6.45, 7) is 2.06. The first-order valence-corrected chi connectivity index (χ1v) is 11.3. The lowest BCUT2D eigenvalue weighted by atomic mass is 10.2. The summed E-state index contributed by atoms with van der Waals surface area (Å²) in [4.78, 5) is 39.8. The Hall–Kier alpha value is -2.78. The van der Waals surface area contributed by atoms with E-state index in [0.717, 1.165) is 37.3 Å². The lowest BCUT2D eigenvalue weighted by molar-refractivity contribution is -0.122. The van der Waals surface area contributed by atoms with E-state index in [1.807, 2.05) is 49.3 Å². The molecule has 0 spiro atoms. The molecule has 1 amide bonds. The van der Waals surface area contributed by atoms with Crippen LogP contribution in [0.25, 0.3) is 10.3 Å². The summed E-state index contributed by atoms with van der Waals surface area (Å²) in [7, 11) is 5.74. The standard InChI is InChI=1S/C22H28N6O2S/c1-26(2)13-11-17-24-20-18(21(30)27(17)3)25-22(31-20)28-12-7-10-16(28)19(29)23-14-15-8-5-4-6-9-15/h4-6,8-9,16H,7,10-14H2,1-3H3,(H,23,29). The molecule has 1 unspecified atom stereocenters. The number of nitrogens with one attached hydrogen (secondary N) is 1. The molecule has 8 nitrogen and oxygen atoms in total. The van der Waals surface area contributed by atoms with Gasteiger partial charge >= 0.3 is 0 Å². The van der Waals surface area contributed by atoms with Gasteiger partial charge in [0.05, 0.1) is 0 Å². The number of nitrogens with zero attached hydrogens (tertiary/aromatic N) is 5. The Morgan fingerprint density at radius 1 is 1.26 bits per heavy atom. The van der Waals surface area contributed by atoms with Crippen molar-refractivity contribution < 1.29 is 4.79 Å². The quantitative estimate of drug-likeness (QED) is 0.603. The van der Waals surface area contributed by atoms with E-state index >= 15 is 0 Å². The number of carbonyl (C=O) groups is 1. The fourth-order valence-electron chi connectivity index (χ4n) is 3.83. The first kappa shape index (κ1) is 21.5. The normalized spacial score (nSPS) is 16.4. The molecule has 1 aliphatic heterocycles. The zero-order valence-electron chi connectivity index (χ0n) is 18.2. The largest absolute Gasteiger partial charge is 0.350 e. The molecule has 4 rings (SSSR count). The highest BCUT2D eigenvalue weighted by atomic mass is 32.1. The van der Waals surface area contributed by atoms with Crippen LogP contribution >= 0.6 is 11.3 Å². The van der Waals surface area contributed by atoms with Crippen molar-refractivity contribution in [3.63, 3.8) is 0 Å². The molecule has 1 saturated heterocycles. The van der Waals surface area contributed by atoms with Crippen molar-refractivity contribution in [2.75, 3.05) is 32.1 Å². The van der Waals surface area contributed by atoms with Gasteiger partial charge < -0.3 is 15.1 Å². The van der Waals surface area contributed by atoms with Crippen molar-refractivity contribution in [3.05, 3.63) is 52.1 Å². The van der Waals surface area contributed by atoms with Gasteiger partial charge in [-0.05, 0) is 32.5 Å². The predicted octanol–water partition coefficient (Wildman–Crippen LogP) is 1.78. The van der Waals surface area contributed by atoms with E-state index in [1.54, 1.807) is 11.6 Å². The maximum Gasteiger partial charge on any atom is 0.280 e. The van der Waals surface area contributed by atoms with E-state index in [4.69, 9.17) is 4.98 Å². The molecule has 1 aliphatic rings. The van der Waals surface area contributed by atoms with Crippen molar-refractivity contribution in [1.29, 1.82) is 0 Å². The Balaban J connectivity index is 1.54. The van der Waals surface area contributed by atoms with Crippen LogP contribution in [0.4, 0.5) is 5.13 Å². The average molecular weight is 441 g/mol. The number of hydrogen-bond donors (Lipinski definition) is 1. The molecular formula is C22H28N6O2S. The monoisotopic (exact) mass is 440 g/mol. The maximum absolute atomic E-state index is 12.9. The van der Waals surface area contributed by atoms with Crippen LogP contribution in [0.5, 0.6) is 0 Å². The second-order valence-electron chi connectivity index (χ2n) is 8.15. The van der Waals surface area contributed by atoms with Gasteiger partial charge in [-0.1, -0.05) is 41.7 Å². The zero-order valence-corrected chi connectivity index (χ0v) is 19.0. The summed E-state index contributed by atoms with van der Waals surface area (Å²) in [5, 5.41) is 3.74. The Labute approximate surface area is 185 Å². The van der Waals surface area contributed by atoms with Crippen LogP contribution in [0.3, 0.4) is 0 Å². The molecule has 3 heterocycles. The molecule has 31 heavy (non-hydrogen) atoms. The third-order valence-electron chi connectivity index (χ3n) is 5.62. The molecular weight excluding hydrogens is 412 g/mol. The Morgan fingerprint density at radius 2 is 2.03 bits per heavy atom. The fourth-order valence-corrected chi connectivity index (χ4v) is 4.85. The highest BCUT2D eigenvalue weighted by molar-refractivity contribution is 7.21. The number of amides is 1. The number of carbonyl (C=O) groups excluding carboxylic acids is 1. The van der Waals surface area contributed by atoms with E-state index in [2.05, 4.69) is 15.2 Å². The number of hydrogen-bond acceptors (Lipinski definition) is 7. The number of anilines is 1. The van der Waals surface area contributed by atoms with Gasteiger partial charge in [-0.3, -0.25) is 14.2 Å². The van der Waals surface area contributed by atoms with E-state index < -0.39 is 0 Å². The SMILES string of the molecule is CN(C)CCc1nc2sc(N3CCCC3C(=O)NCc3ccccc3)nc2c(=O)n1C. The number of thiazole rings is 1. The molecule has 164 valence electrons. The molecule has 0 bridgehead atoms. The van der Waals surface area contributed by atoms with Crippen LogP contribution in [0, 0.1) is 0 Å². The van der Waals surface area contributed by atoms with Gasteiger partial charge in [0, 0.05) is 33.1 Å². The van der Waals surface area contributed by atoms with Gasteiger partial charge in [0.2, 0.25) is 5.91 Å². The van der Waals surface area contributed by atoms with E-state index in [0.29, 0.717) is 28.4 Å². The van der Waals surface area contributed by atoms with E-state index in [-0.39, 0.29) is 17.5 Å². The van der Waals surface area contributed by atoms with Crippen molar-refractivity contribution in [3.8, 4) is 0 Å². The summed E-state index contributed by atoms with van der Waals surface area (Å²) >= 11 is 1.40. The number of likely N-dealkylation sites (N-methyl/N-ethyl adjacent to an activating group) is 1. The Kier molecular flexibility index (Phi) is 6.33. The van der Waals surface area contributed by atoms with Crippen LogP contribution in [0.2, 0.25) is 0 Å². The molecule has 1 fully saturated rings. The van der Waals surface area contributed by atoms with Gasteiger partial charge in [-0.25, -0.2) is 9.97 Å². The minimum Gasteiger partial charge on any atom is -0.350 e. The number of benzene rings is 1. The van der Waals surface area contributed by atoms with Crippen molar-refractivity contribution in [2.45, 2.75) is 31.8 Å². The van der Waals surface area contributed by atoms with E-state index in [9.17, 15) is 9.59 Å². The third-order valence-corrected chi connectivity index (χ3v) is 6.60. The summed E-state index contributed by atoms with van der Waals surface area (Å²) < 4.78 is 1.59. The Bertz CT molecular complexity index is 1120. The number of rotatable bonds is 7. The summed E-state index contributed by atoms with van der Waals surface area (Å²) in [6, 6.07) is 9.60. The first-order chi connectivity index (χ1) is 14.9. The molecule has 0 saturated carbocycles. The van der Waals surface area contributed by atoms with Crippen LogP contribution in [-0.2, 0) is 24.8 Å². The van der Waals surface area contributed by atoms with Crippen LogP contribution in [0.1, 0.15) is 24.2 Å². The van der Waals surface area contributed by atoms with Gasteiger partial charge in [-0.2, -0.15) is 0 Å². The zero-order chi connectivity index (χ0) is 22.0. The second-order valence-corrected chi connectivity index (χ2v) is 9.11. The molecule has 1 atom stereocenters. The van der Waals surface area contributed by atoms with Gasteiger partial charge in [-0.15, -0.1) is 0 Å². The summed E-state index contributed by atoms with van der Waals surface area (Å²) in [5.74, 6) is 0.744. The Morgan fingerprint density at radius 3 is 2.77 bits per heavy atom. The lowest BCUT2D eigenvalue weighted by Gasteiger charge is -2.23. The molecule has 0 radical (unpaired) electrons. The van der Waals surface area contributed by atoms with Gasteiger partial charge in [0.25, 0.3) is 5.56 Å². The van der Waals surface area contributed by atoms with Gasteiger partial charge in [0.15, 0.2) is 15.5 Å². The molecule has 9 heteroatoms. The predicted molar refractivity (Wildman–Crippen MR) is 124 cm³/mol. The number of aromatic nitrogens is 3. The molecule has 1 aromatic carbocycles. The van der Waals surface area contributed by atoms with Gasteiger partial charge in [0.1, 0.15) is 11.9 Å². The highest BCUT2D eigenvalue weighted by Gasteiger charge is 2.33. The minimum absolute atomic E-state index is 0.00635. The molecule has 1 N–H and O–H groups in total. The smallest absolute Gasteiger partial charge is 0.280 e.